The molecule has 22 heavy (non-hydrogen) atoms. The third-order valence-electron chi connectivity index (χ3n) is 3.18. The van der Waals surface area contributed by atoms with Crippen molar-refractivity contribution >= 4 is 23.0 Å². The predicted octanol–water partition coefficient (Wildman–Crippen LogP) is 2.64. The van der Waals surface area contributed by atoms with E-state index in [0.29, 0.717) is 11.4 Å². The summed E-state index contributed by atoms with van der Waals surface area (Å²) in [6.07, 6.45) is 2.43. The second-order valence-corrected chi connectivity index (χ2v) is 5.13. The van der Waals surface area contributed by atoms with Crippen molar-refractivity contribution in [2.24, 2.45) is 0 Å². The van der Waals surface area contributed by atoms with Crippen LogP contribution in [-0.2, 0) is 0 Å². The molecule has 0 bridgehead atoms. The number of aromatic nitrogens is 2. The number of non-ortho nitro benzene ring substituents is 1. The Hall–Kier alpha value is -2.41. The zero-order chi connectivity index (χ0) is 16.3. The Bertz CT molecular complexity index is 743. The molecule has 0 spiro atoms. The highest BCUT2D eigenvalue weighted by Crippen LogP contribution is 2.21. The van der Waals surface area contributed by atoms with E-state index in [0.717, 1.165) is 17.6 Å². The van der Waals surface area contributed by atoms with Crippen LogP contribution >= 0.6 is 11.6 Å². The molecule has 0 fully saturated rings. The third kappa shape index (κ3) is 3.09. The Morgan fingerprint density at radius 1 is 1.36 bits per heavy atom. The molecule has 1 heterocycles. The molecule has 1 aromatic carbocycles. The van der Waals surface area contributed by atoms with E-state index in [4.69, 9.17) is 11.6 Å². The van der Waals surface area contributed by atoms with Gasteiger partial charge in [0.05, 0.1) is 22.5 Å². The number of nitro benzene ring substituents is 1. The fourth-order valence-corrected chi connectivity index (χ4v) is 2.32. The molecule has 0 unspecified atom stereocenters. The van der Waals surface area contributed by atoms with Gasteiger partial charge in [-0.2, -0.15) is 9.78 Å². The van der Waals surface area contributed by atoms with Gasteiger partial charge in [0.15, 0.2) is 0 Å². The molecule has 0 radical (unpaired) electrons. The zero-order valence-electron chi connectivity index (χ0n) is 12.2. The number of hydrogen-bond donors (Lipinski definition) is 0. The molecule has 0 aliphatic heterocycles. The number of nitro groups is 1. The number of hydrogen-bond acceptors (Lipinski definition) is 5. The molecule has 0 aliphatic rings. The Morgan fingerprint density at radius 3 is 2.55 bits per heavy atom. The van der Waals surface area contributed by atoms with Gasteiger partial charge in [0, 0.05) is 25.7 Å². The number of halogens is 1. The lowest BCUT2D eigenvalue weighted by molar-refractivity contribution is -0.384. The maximum absolute atomic E-state index is 12.3. The van der Waals surface area contributed by atoms with Crippen LogP contribution in [0.25, 0.3) is 5.69 Å². The molecular weight excluding hydrogens is 308 g/mol. The zero-order valence-corrected chi connectivity index (χ0v) is 12.9. The van der Waals surface area contributed by atoms with Crippen LogP contribution in [0.2, 0.25) is 5.02 Å². The van der Waals surface area contributed by atoms with E-state index in [-0.39, 0.29) is 10.7 Å². The van der Waals surface area contributed by atoms with Crippen LogP contribution in [0.15, 0.2) is 35.3 Å². The van der Waals surface area contributed by atoms with Crippen LogP contribution in [0.4, 0.5) is 11.4 Å². The van der Waals surface area contributed by atoms with Gasteiger partial charge in [0.1, 0.15) is 5.02 Å². The summed E-state index contributed by atoms with van der Waals surface area (Å²) < 4.78 is 1.12. The number of anilines is 1. The smallest absolute Gasteiger partial charge is 0.292 e. The van der Waals surface area contributed by atoms with E-state index in [1.165, 1.54) is 30.5 Å². The molecule has 0 atom stereocenters. The summed E-state index contributed by atoms with van der Waals surface area (Å²) in [6.45, 7) is 2.78. The molecule has 0 aliphatic carbocycles. The van der Waals surface area contributed by atoms with Crippen molar-refractivity contribution in [1.29, 1.82) is 0 Å². The summed E-state index contributed by atoms with van der Waals surface area (Å²) in [4.78, 5) is 24.3. The van der Waals surface area contributed by atoms with Crippen molar-refractivity contribution in [3.05, 3.63) is 56.0 Å². The van der Waals surface area contributed by atoms with Gasteiger partial charge in [-0.1, -0.05) is 18.5 Å². The lowest BCUT2D eigenvalue weighted by Gasteiger charge is -2.19. The van der Waals surface area contributed by atoms with Crippen LogP contribution < -0.4 is 10.5 Å². The lowest BCUT2D eigenvalue weighted by Crippen LogP contribution is -2.26. The quantitative estimate of drug-likeness (QED) is 0.624. The Kier molecular flexibility index (Phi) is 4.77. The molecule has 7 nitrogen and oxygen atoms in total. The largest absolute Gasteiger partial charge is 0.372 e. The van der Waals surface area contributed by atoms with E-state index in [1.54, 1.807) is 0 Å². The highest BCUT2D eigenvalue weighted by Gasteiger charge is 2.14. The molecule has 0 saturated heterocycles. The molecule has 8 heteroatoms. The minimum absolute atomic E-state index is 0.0535. The minimum atomic E-state index is -0.504. The van der Waals surface area contributed by atoms with Crippen molar-refractivity contribution in [3.8, 4) is 5.69 Å². The topological polar surface area (TPSA) is 81.3 Å². The summed E-state index contributed by atoms with van der Waals surface area (Å²) in [5.41, 5.74) is 0.465. The second kappa shape index (κ2) is 6.57. The van der Waals surface area contributed by atoms with Gasteiger partial charge in [0.25, 0.3) is 11.2 Å². The van der Waals surface area contributed by atoms with Crippen LogP contribution in [0.3, 0.4) is 0 Å². The van der Waals surface area contributed by atoms with Crippen molar-refractivity contribution < 1.29 is 4.92 Å². The van der Waals surface area contributed by atoms with E-state index in [2.05, 4.69) is 5.10 Å². The highest BCUT2D eigenvalue weighted by molar-refractivity contribution is 6.33. The van der Waals surface area contributed by atoms with Crippen molar-refractivity contribution in [3.63, 3.8) is 0 Å². The Labute approximate surface area is 131 Å². The first kappa shape index (κ1) is 16.0. The van der Waals surface area contributed by atoms with E-state index < -0.39 is 10.5 Å². The second-order valence-electron chi connectivity index (χ2n) is 4.76. The molecule has 2 rings (SSSR count). The van der Waals surface area contributed by atoms with Crippen LogP contribution in [0.1, 0.15) is 13.3 Å². The summed E-state index contributed by atoms with van der Waals surface area (Å²) >= 11 is 6.14. The maximum atomic E-state index is 12.3. The molecule has 0 amide bonds. The fraction of sp³-hybridized carbons (Fsp3) is 0.286. The highest BCUT2D eigenvalue weighted by atomic mass is 35.5. The molecule has 2 aromatic rings. The van der Waals surface area contributed by atoms with E-state index in [9.17, 15) is 14.9 Å². The number of rotatable bonds is 5. The SMILES string of the molecule is CCCN(C)c1cnn(-c2ccc([N+](=O)[O-])cc2)c(=O)c1Cl. The maximum Gasteiger partial charge on any atom is 0.292 e. The first-order valence-corrected chi connectivity index (χ1v) is 7.07. The van der Waals surface area contributed by atoms with Gasteiger partial charge >= 0.3 is 0 Å². The van der Waals surface area contributed by atoms with Crippen molar-refractivity contribution in [2.75, 3.05) is 18.5 Å². The first-order chi connectivity index (χ1) is 10.5. The fourth-order valence-electron chi connectivity index (χ4n) is 2.05. The monoisotopic (exact) mass is 322 g/mol. The van der Waals surface area contributed by atoms with Gasteiger partial charge in [-0.25, -0.2) is 0 Å². The predicted molar refractivity (Wildman–Crippen MR) is 85.1 cm³/mol. The van der Waals surface area contributed by atoms with Crippen LogP contribution in [0.5, 0.6) is 0 Å². The van der Waals surface area contributed by atoms with Gasteiger partial charge in [-0.15, -0.1) is 0 Å². The van der Waals surface area contributed by atoms with E-state index >= 15 is 0 Å². The lowest BCUT2D eigenvalue weighted by atomic mass is 10.3. The number of benzene rings is 1. The Balaban J connectivity index is 2.43. The van der Waals surface area contributed by atoms with Gasteiger partial charge < -0.3 is 4.90 Å². The molecular formula is C14H15ClN4O3. The standard InChI is InChI=1S/C14H15ClN4O3/c1-3-8-17(2)12-9-16-18(14(20)13(12)15)10-4-6-11(7-5-10)19(21)22/h4-7,9H,3,8H2,1-2H3. The van der Waals surface area contributed by atoms with Crippen LogP contribution in [0, 0.1) is 10.1 Å². The first-order valence-electron chi connectivity index (χ1n) is 6.69. The molecule has 0 N–H and O–H groups in total. The summed E-state index contributed by atoms with van der Waals surface area (Å²) in [7, 11) is 1.84. The van der Waals surface area contributed by atoms with Gasteiger partial charge in [0.2, 0.25) is 0 Å². The summed E-state index contributed by atoms with van der Waals surface area (Å²) in [5, 5.41) is 14.8. The van der Waals surface area contributed by atoms with Gasteiger partial charge in [-0.05, 0) is 18.6 Å². The molecule has 1 aromatic heterocycles. The molecule has 0 saturated carbocycles. The average molecular weight is 323 g/mol. The molecule has 116 valence electrons. The third-order valence-corrected chi connectivity index (χ3v) is 3.53. The minimum Gasteiger partial charge on any atom is -0.372 e. The van der Waals surface area contributed by atoms with Crippen molar-refractivity contribution in [1.82, 2.24) is 9.78 Å². The number of nitrogens with zero attached hydrogens (tertiary/aromatic N) is 4. The van der Waals surface area contributed by atoms with Crippen LogP contribution in [-0.4, -0.2) is 28.3 Å². The summed E-state index contributed by atoms with van der Waals surface area (Å²) in [6, 6.07) is 5.54. The normalized spacial score (nSPS) is 10.5. The van der Waals surface area contributed by atoms with E-state index in [1.807, 2.05) is 18.9 Å². The van der Waals surface area contributed by atoms with Crippen molar-refractivity contribution in [2.45, 2.75) is 13.3 Å². The Morgan fingerprint density at radius 2 is 2.00 bits per heavy atom. The average Bonchev–Trinajstić information content (AvgIpc) is 2.50. The summed E-state index contributed by atoms with van der Waals surface area (Å²) in [5.74, 6) is 0. The van der Waals surface area contributed by atoms with Gasteiger partial charge in [-0.3, -0.25) is 14.9 Å².